The van der Waals surface area contributed by atoms with E-state index in [0.29, 0.717) is 16.5 Å². The molecule has 2 aromatic heterocycles. The monoisotopic (exact) mass is 376 g/mol. The molecule has 3 heterocycles. The van der Waals surface area contributed by atoms with Gasteiger partial charge in [0.1, 0.15) is 13.1 Å². The number of Topliss-reactive ketones (excluding diaryl/α,β-unsaturated/α-hetero) is 1. The number of aliphatic imine (C=N–C) groups is 1. The molecule has 0 radical (unpaired) electrons. The summed E-state index contributed by atoms with van der Waals surface area (Å²) in [5.74, 6) is -0.00123. The third-order valence-corrected chi connectivity index (χ3v) is 5.45. The molecule has 2 aromatic rings. The molecule has 0 saturated carbocycles. The van der Waals surface area contributed by atoms with Crippen LogP contribution in [0.2, 0.25) is 0 Å². The van der Waals surface area contributed by atoms with E-state index in [1.54, 1.807) is 0 Å². The molecule has 1 atom stereocenters. The molecule has 1 aliphatic heterocycles. The van der Waals surface area contributed by atoms with Crippen LogP contribution < -0.4 is 9.47 Å². The standard InChI is InChI=1S/C18H21N3O2S2/c22-17(15-5-4-14-25-15)16(21-7-2-1-3-8-21)18(24)19-6-9-20-10-12-23-13-11-20/h1-5,7-8,14,16H,6,9-13H2/p+1/t16-/m0/s1. The second-order valence-corrected chi connectivity index (χ2v) is 7.27. The fourth-order valence-corrected chi connectivity index (χ4v) is 3.84. The molecule has 0 aliphatic carbocycles. The average molecular weight is 377 g/mol. The molecule has 3 rings (SSSR count). The van der Waals surface area contributed by atoms with Gasteiger partial charge in [-0.1, -0.05) is 12.1 Å². The number of nitrogens with zero attached hydrogens (tertiary/aromatic N) is 2. The molecule has 5 nitrogen and oxygen atoms in total. The summed E-state index contributed by atoms with van der Waals surface area (Å²) < 4.78 is 7.21. The minimum atomic E-state index is -0.561. The minimum Gasteiger partial charge on any atom is -0.758 e. The van der Waals surface area contributed by atoms with Crippen molar-refractivity contribution >= 4 is 34.8 Å². The zero-order chi connectivity index (χ0) is 17.5. The number of carbonyl (C=O) groups excluding carboxylic acids is 1. The van der Waals surface area contributed by atoms with Crippen molar-refractivity contribution in [2.45, 2.75) is 6.04 Å². The van der Waals surface area contributed by atoms with E-state index in [1.807, 2.05) is 52.7 Å². The molecule has 0 amide bonds. The fourth-order valence-electron chi connectivity index (χ4n) is 2.83. The van der Waals surface area contributed by atoms with Gasteiger partial charge in [-0.05, 0) is 16.5 Å². The highest BCUT2D eigenvalue weighted by molar-refractivity contribution is 7.77. The number of thiophene rings is 1. The molecule has 0 spiro atoms. The molecule has 1 fully saturated rings. The van der Waals surface area contributed by atoms with E-state index in [4.69, 9.17) is 17.4 Å². The molecule has 0 bridgehead atoms. The summed E-state index contributed by atoms with van der Waals surface area (Å²) in [6, 6.07) is 8.88. The number of ether oxygens (including phenoxy) is 1. The fraction of sp³-hybridized carbons (Fsp3) is 0.389. The molecule has 132 valence electrons. The number of carbonyl (C=O) groups is 1. The van der Waals surface area contributed by atoms with Crippen molar-refractivity contribution in [2.24, 2.45) is 4.99 Å². The van der Waals surface area contributed by atoms with Gasteiger partial charge in [0.15, 0.2) is 12.4 Å². The van der Waals surface area contributed by atoms with Gasteiger partial charge in [-0.25, -0.2) is 0 Å². The summed E-state index contributed by atoms with van der Waals surface area (Å²) in [4.78, 5) is 19.7. The predicted octanol–water partition coefficient (Wildman–Crippen LogP) is 0.320. The van der Waals surface area contributed by atoms with E-state index < -0.39 is 6.04 Å². The maximum Gasteiger partial charge on any atom is 0.244 e. The minimum absolute atomic E-state index is 0.00123. The first kappa shape index (κ1) is 18.1. The van der Waals surface area contributed by atoms with Crippen LogP contribution in [0.15, 0.2) is 53.1 Å². The molecule has 1 N–H and O–H groups in total. The molecule has 0 aromatic carbocycles. The van der Waals surface area contributed by atoms with Crippen molar-refractivity contribution in [1.29, 1.82) is 0 Å². The average Bonchev–Trinajstić information content (AvgIpc) is 3.18. The lowest BCUT2D eigenvalue weighted by Gasteiger charge is -2.23. The summed E-state index contributed by atoms with van der Waals surface area (Å²) in [6.07, 6.45) is 3.73. The van der Waals surface area contributed by atoms with Crippen molar-refractivity contribution in [3.63, 3.8) is 0 Å². The largest absolute Gasteiger partial charge is 0.758 e. The Morgan fingerprint density at radius 2 is 2.04 bits per heavy atom. The molecule has 7 heteroatoms. The number of hydrogen-bond acceptors (Lipinski definition) is 5. The highest BCUT2D eigenvalue weighted by Crippen LogP contribution is 2.16. The van der Waals surface area contributed by atoms with Crippen molar-refractivity contribution < 1.29 is 19.0 Å². The Morgan fingerprint density at radius 3 is 2.72 bits per heavy atom. The van der Waals surface area contributed by atoms with Gasteiger partial charge in [-0.2, -0.15) is 4.57 Å². The van der Waals surface area contributed by atoms with E-state index in [9.17, 15) is 4.79 Å². The number of quaternary nitrogens is 1. The third-order valence-electron chi connectivity index (χ3n) is 4.22. The second kappa shape index (κ2) is 9.15. The van der Waals surface area contributed by atoms with Gasteiger partial charge in [0.2, 0.25) is 11.8 Å². The van der Waals surface area contributed by atoms with Crippen LogP contribution in [0.1, 0.15) is 15.7 Å². The second-order valence-electron chi connectivity index (χ2n) is 5.90. The first-order valence-corrected chi connectivity index (χ1v) is 9.70. The summed E-state index contributed by atoms with van der Waals surface area (Å²) in [5, 5.41) is 2.35. The first-order chi connectivity index (χ1) is 12.3. The summed E-state index contributed by atoms with van der Waals surface area (Å²) in [6.45, 7) is 5.18. The van der Waals surface area contributed by atoms with E-state index in [-0.39, 0.29) is 5.78 Å². The van der Waals surface area contributed by atoms with Crippen LogP contribution in [0.4, 0.5) is 0 Å². The number of nitrogens with one attached hydrogen (secondary N) is 1. The Labute approximate surface area is 157 Å². The van der Waals surface area contributed by atoms with E-state index in [0.717, 1.165) is 32.8 Å². The van der Waals surface area contributed by atoms with Crippen LogP contribution in [-0.2, 0) is 17.4 Å². The first-order valence-electron chi connectivity index (χ1n) is 8.42. The number of morpholine rings is 1. The Morgan fingerprint density at radius 1 is 1.28 bits per heavy atom. The lowest BCUT2D eigenvalue weighted by molar-refractivity contribution is -0.906. The van der Waals surface area contributed by atoms with Crippen LogP contribution in [0.3, 0.4) is 0 Å². The number of rotatable bonds is 7. The van der Waals surface area contributed by atoms with Crippen LogP contribution >= 0.6 is 11.3 Å². The molecule has 1 aliphatic rings. The smallest absolute Gasteiger partial charge is 0.244 e. The maximum absolute atomic E-state index is 12.9. The molecule has 1 saturated heterocycles. The van der Waals surface area contributed by atoms with Gasteiger partial charge in [0.05, 0.1) is 31.2 Å². The third kappa shape index (κ3) is 4.92. The van der Waals surface area contributed by atoms with Crippen molar-refractivity contribution in [2.75, 3.05) is 39.4 Å². The van der Waals surface area contributed by atoms with E-state index in [2.05, 4.69) is 4.99 Å². The van der Waals surface area contributed by atoms with Gasteiger partial charge < -0.3 is 27.3 Å². The molecular formula is C18H22N3O2S2+. The lowest BCUT2D eigenvalue weighted by atomic mass is 10.1. The van der Waals surface area contributed by atoms with Crippen LogP contribution in [0.25, 0.3) is 0 Å². The van der Waals surface area contributed by atoms with Gasteiger partial charge in [0, 0.05) is 12.1 Å². The zero-order valence-corrected chi connectivity index (χ0v) is 15.6. The van der Waals surface area contributed by atoms with Crippen molar-refractivity contribution in [1.82, 2.24) is 0 Å². The Hall–Kier alpha value is -1.67. The normalized spacial score (nSPS) is 17.4. The highest BCUT2D eigenvalue weighted by atomic mass is 32.1. The molecular weight excluding hydrogens is 354 g/mol. The van der Waals surface area contributed by atoms with Gasteiger partial charge in [-0.3, -0.25) is 4.79 Å². The Bertz CT molecular complexity index is 698. The van der Waals surface area contributed by atoms with Crippen LogP contribution in [0, 0.1) is 0 Å². The topological polar surface area (TPSA) is 47.0 Å². The number of aromatic nitrogens is 1. The highest BCUT2D eigenvalue weighted by Gasteiger charge is 2.28. The number of ketones is 1. The van der Waals surface area contributed by atoms with Gasteiger partial charge >= 0.3 is 0 Å². The number of pyridine rings is 1. The van der Waals surface area contributed by atoms with Crippen molar-refractivity contribution in [3.05, 3.63) is 53.0 Å². The summed E-state index contributed by atoms with van der Waals surface area (Å²) in [5.41, 5.74) is 0. The van der Waals surface area contributed by atoms with E-state index >= 15 is 0 Å². The number of hydrogen-bond donors (Lipinski definition) is 1. The van der Waals surface area contributed by atoms with Gasteiger partial charge in [-0.15, -0.1) is 11.3 Å². The lowest BCUT2D eigenvalue weighted by Crippen LogP contribution is -3.14. The van der Waals surface area contributed by atoms with E-state index in [1.165, 1.54) is 16.2 Å². The van der Waals surface area contributed by atoms with Crippen LogP contribution in [-0.4, -0.2) is 50.2 Å². The van der Waals surface area contributed by atoms with Crippen LogP contribution in [0.5, 0.6) is 0 Å². The molecule has 0 unspecified atom stereocenters. The Balaban J connectivity index is 1.73. The maximum atomic E-state index is 12.9. The zero-order valence-electron chi connectivity index (χ0n) is 14.0. The van der Waals surface area contributed by atoms with Gasteiger partial charge in [0.25, 0.3) is 0 Å². The quantitative estimate of drug-likeness (QED) is 0.249. The SMILES string of the molecule is O=C(c1cccs1)[C@@H](C([S-])=NCC[NH+]1CCOCC1)[n+]1ccccc1. The summed E-state index contributed by atoms with van der Waals surface area (Å²) in [7, 11) is 0. The predicted molar refractivity (Wildman–Crippen MR) is 100 cm³/mol. The molecule has 25 heavy (non-hydrogen) atoms. The van der Waals surface area contributed by atoms with Crippen molar-refractivity contribution in [3.8, 4) is 0 Å². The summed E-state index contributed by atoms with van der Waals surface area (Å²) >= 11 is 6.97. The Kier molecular flexibility index (Phi) is 6.63.